The first-order valence-corrected chi connectivity index (χ1v) is 7.26. The Morgan fingerprint density at radius 1 is 1.08 bits per heavy atom. The molecule has 122 valence electrons. The van der Waals surface area contributed by atoms with Crippen LogP contribution in [0.1, 0.15) is 22.8 Å². The minimum atomic E-state index is -0.732. The van der Waals surface area contributed by atoms with Crippen molar-refractivity contribution >= 4 is 23.5 Å². The lowest BCUT2D eigenvalue weighted by molar-refractivity contribution is -0.384. The number of benzene rings is 2. The topological polar surface area (TPSA) is 86.5 Å². The third-order valence-corrected chi connectivity index (χ3v) is 3.19. The summed E-state index contributed by atoms with van der Waals surface area (Å²) in [5.41, 5.74) is 0.655. The summed E-state index contributed by atoms with van der Waals surface area (Å²) < 4.78 is 4.94. The van der Waals surface area contributed by atoms with Crippen molar-refractivity contribution in [1.29, 1.82) is 0 Å². The number of nitro groups is 1. The molecule has 0 heterocycles. The molecule has 0 fully saturated rings. The summed E-state index contributed by atoms with van der Waals surface area (Å²) in [6.07, 6.45) is 1.37. The van der Waals surface area contributed by atoms with Crippen LogP contribution in [0.4, 0.5) is 5.69 Å². The van der Waals surface area contributed by atoms with Gasteiger partial charge in [0, 0.05) is 17.7 Å². The largest absolute Gasteiger partial charge is 0.462 e. The van der Waals surface area contributed by atoms with Crippen molar-refractivity contribution in [2.75, 3.05) is 6.61 Å². The number of nitrogens with zero attached hydrogens (tertiary/aromatic N) is 1. The average molecular weight is 325 g/mol. The standard InChI is InChI=1S/C18H15NO5/c1-2-24-18(21)16(17(20)14-6-4-3-5-7-14)12-13-8-10-15(11-9-13)19(22)23/h3-12H,2H2,1H3/b16-12-. The maximum Gasteiger partial charge on any atom is 0.342 e. The van der Waals surface area contributed by atoms with Crippen molar-refractivity contribution in [2.24, 2.45) is 0 Å². The molecule has 0 unspecified atom stereocenters. The quantitative estimate of drug-likeness (QED) is 0.154. The molecule has 0 aliphatic heterocycles. The summed E-state index contributed by atoms with van der Waals surface area (Å²) in [7, 11) is 0. The summed E-state index contributed by atoms with van der Waals surface area (Å²) in [6, 6.07) is 13.9. The van der Waals surface area contributed by atoms with Gasteiger partial charge in [0.1, 0.15) is 5.57 Å². The van der Waals surface area contributed by atoms with Crippen LogP contribution in [-0.4, -0.2) is 23.3 Å². The summed E-state index contributed by atoms with van der Waals surface area (Å²) in [5.74, 6) is -1.20. The average Bonchev–Trinajstić information content (AvgIpc) is 2.60. The molecule has 0 aliphatic carbocycles. The minimum absolute atomic E-state index is 0.0702. The van der Waals surface area contributed by atoms with Gasteiger partial charge >= 0.3 is 5.97 Å². The van der Waals surface area contributed by atoms with Crippen LogP contribution >= 0.6 is 0 Å². The fourth-order valence-electron chi connectivity index (χ4n) is 2.03. The number of hydrogen-bond donors (Lipinski definition) is 0. The smallest absolute Gasteiger partial charge is 0.342 e. The van der Waals surface area contributed by atoms with Gasteiger partial charge in [-0.05, 0) is 30.7 Å². The number of esters is 1. The minimum Gasteiger partial charge on any atom is -0.462 e. The number of hydrogen-bond acceptors (Lipinski definition) is 5. The van der Waals surface area contributed by atoms with E-state index in [1.165, 1.54) is 30.3 Å². The third kappa shape index (κ3) is 4.13. The van der Waals surface area contributed by atoms with Gasteiger partial charge in [-0.1, -0.05) is 30.3 Å². The summed E-state index contributed by atoms with van der Waals surface area (Å²) in [5, 5.41) is 10.7. The summed E-state index contributed by atoms with van der Waals surface area (Å²) in [6.45, 7) is 1.78. The molecule has 0 radical (unpaired) electrons. The number of non-ortho nitro benzene ring substituents is 1. The third-order valence-electron chi connectivity index (χ3n) is 3.19. The molecule has 0 aliphatic rings. The fraction of sp³-hybridized carbons (Fsp3) is 0.111. The van der Waals surface area contributed by atoms with E-state index in [1.54, 1.807) is 37.3 Å². The van der Waals surface area contributed by atoms with E-state index in [4.69, 9.17) is 4.74 Å². The molecular weight excluding hydrogens is 310 g/mol. The number of carbonyl (C=O) groups is 2. The van der Waals surface area contributed by atoms with Crippen LogP contribution in [-0.2, 0) is 9.53 Å². The molecule has 2 aromatic carbocycles. The highest BCUT2D eigenvalue weighted by Crippen LogP contribution is 2.17. The predicted molar refractivity (Wildman–Crippen MR) is 88.5 cm³/mol. The van der Waals surface area contributed by atoms with E-state index in [2.05, 4.69) is 0 Å². The van der Waals surface area contributed by atoms with Crippen LogP contribution < -0.4 is 0 Å². The molecule has 2 rings (SSSR count). The van der Waals surface area contributed by atoms with Gasteiger partial charge < -0.3 is 4.74 Å². The summed E-state index contributed by atoms with van der Waals surface area (Å²) >= 11 is 0. The highest BCUT2D eigenvalue weighted by atomic mass is 16.6. The van der Waals surface area contributed by atoms with E-state index >= 15 is 0 Å². The molecule has 0 bridgehead atoms. The molecule has 0 saturated carbocycles. The highest BCUT2D eigenvalue weighted by molar-refractivity contribution is 6.26. The van der Waals surface area contributed by atoms with Crippen molar-refractivity contribution < 1.29 is 19.2 Å². The Labute approximate surface area is 138 Å². The van der Waals surface area contributed by atoms with Gasteiger partial charge in [-0.15, -0.1) is 0 Å². The molecule has 2 aromatic rings. The Hall–Kier alpha value is -3.28. The zero-order chi connectivity index (χ0) is 17.5. The predicted octanol–water partition coefficient (Wildman–Crippen LogP) is 3.42. The zero-order valence-electron chi connectivity index (χ0n) is 13.0. The van der Waals surface area contributed by atoms with Gasteiger partial charge in [-0.2, -0.15) is 0 Å². The molecule has 0 atom stereocenters. The van der Waals surface area contributed by atoms with E-state index < -0.39 is 16.7 Å². The Kier molecular flexibility index (Phi) is 5.57. The van der Waals surface area contributed by atoms with Crippen LogP contribution in [0.15, 0.2) is 60.2 Å². The lowest BCUT2D eigenvalue weighted by Crippen LogP contribution is -2.16. The van der Waals surface area contributed by atoms with E-state index in [0.717, 1.165) is 0 Å². The maximum absolute atomic E-state index is 12.6. The molecule has 0 N–H and O–H groups in total. The fourth-order valence-corrected chi connectivity index (χ4v) is 2.03. The van der Waals surface area contributed by atoms with E-state index in [1.807, 2.05) is 0 Å². The molecule has 0 spiro atoms. The number of Topliss-reactive ketones (excluding diaryl/α,β-unsaturated/α-hetero) is 1. The SMILES string of the molecule is CCOC(=O)/C(=C\c1ccc([N+](=O)[O-])cc1)C(=O)c1ccccc1. The Bertz CT molecular complexity index is 779. The normalized spacial score (nSPS) is 11.0. The first kappa shape index (κ1) is 17.1. The Morgan fingerprint density at radius 3 is 2.25 bits per heavy atom. The van der Waals surface area contributed by atoms with E-state index in [-0.39, 0.29) is 17.9 Å². The van der Waals surface area contributed by atoms with Gasteiger partial charge in [0.15, 0.2) is 5.78 Å². The van der Waals surface area contributed by atoms with Gasteiger partial charge in [-0.25, -0.2) is 4.79 Å². The van der Waals surface area contributed by atoms with Crippen LogP contribution in [0, 0.1) is 10.1 Å². The van der Waals surface area contributed by atoms with Crippen LogP contribution in [0.3, 0.4) is 0 Å². The summed E-state index contributed by atoms with van der Waals surface area (Å²) in [4.78, 5) is 34.8. The van der Waals surface area contributed by atoms with Crippen molar-refractivity contribution in [3.63, 3.8) is 0 Å². The van der Waals surface area contributed by atoms with Crippen molar-refractivity contribution in [3.05, 3.63) is 81.4 Å². The van der Waals surface area contributed by atoms with E-state index in [9.17, 15) is 19.7 Å². The van der Waals surface area contributed by atoms with Crippen LogP contribution in [0.25, 0.3) is 6.08 Å². The molecule has 6 heteroatoms. The van der Waals surface area contributed by atoms with Gasteiger partial charge in [0.05, 0.1) is 11.5 Å². The highest BCUT2D eigenvalue weighted by Gasteiger charge is 2.21. The zero-order valence-corrected chi connectivity index (χ0v) is 13.0. The number of rotatable bonds is 6. The molecule has 0 saturated heterocycles. The Balaban J connectivity index is 2.40. The monoisotopic (exact) mass is 325 g/mol. The number of ketones is 1. The molecule has 0 aromatic heterocycles. The van der Waals surface area contributed by atoms with E-state index in [0.29, 0.717) is 11.1 Å². The second kappa shape index (κ2) is 7.82. The van der Waals surface area contributed by atoms with Crippen molar-refractivity contribution in [3.8, 4) is 0 Å². The van der Waals surface area contributed by atoms with Crippen molar-refractivity contribution in [1.82, 2.24) is 0 Å². The van der Waals surface area contributed by atoms with Crippen LogP contribution in [0.2, 0.25) is 0 Å². The molecule has 0 amide bonds. The number of nitro benzene ring substituents is 1. The number of ether oxygens (including phenoxy) is 1. The molecule has 6 nitrogen and oxygen atoms in total. The van der Waals surface area contributed by atoms with Crippen molar-refractivity contribution in [2.45, 2.75) is 6.92 Å². The lowest BCUT2D eigenvalue weighted by Gasteiger charge is -2.07. The second-order valence-corrected chi connectivity index (χ2v) is 4.82. The lowest BCUT2D eigenvalue weighted by atomic mass is 10.0. The Morgan fingerprint density at radius 2 is 1.71 bits per heavy atom. The van der Waals surface area contributed by atoms with Gasteiger partial charge in [0.25, 0.3) is 5.69 Å². The van der Waals surface area contributed by atoms with Gasteiger partial charge in [0.2, 0.25) is 0 Å². The molecular formula is C18H15NO5. The first-order chi connectivity index (χ1) is 11.5. The van der Waals surface area contributed by atoms with Gasteiger partial charge in [-0.3, -0.25) is 14.9 Å². The number of carbonyl (C=O) groups excluding carboxylic acids is 2. The first-order valence-electron chi connectivity index (χ1n) is 7.26. The maximum atomic E-state index is 12.6. The molecule has 24 heavy (non-hydrogen) atoms. The second-order valence-electron chi connectivity index (χ2n) is 4.82. The van der Waals surface area contributed by atoms with Crippen LogP contribution in [0.5, 0.6) is 0 Å².